The molecule has 0 fully saturated rings. The third-order valence-electron chi connectivity index (χ3n) is 2.22. The Balaban J connectivity index is 2.19. The van der Waals surface area contributed by atoms with Gasteiger partial charge in [0.25, 0.3) is 0 Å². The molecule has 2 aromatic heterocycles. The number of imidazole rings is 1. The first-order valence-electron chi connectivity index (χ1n) is 5.30. The third kappa shape index (κ3) is 2.86. The van der Waals surface area contributed by atoms with Crippen LogP contribution in [-0.2, 0) is 6.42 Å². The summed E-state index contributed by atoms with van der Waals surface area (Å²) in [7, 11) is 0. The third-order valence-corrected chi connectivity index (χ3v) is 2.22. The summed E-state index contributed by atoms with van der Waals surface area (Å²) in [5.41, 5.74) is 0.261. The zero-order valence-corrected chi connectivity index (χ0v) is 9.78. The molecule has 8 nitrogen and oxygen atoms in total. The van der Waals surface area contributed by atoms with Crippen LogP contribution < -0.4 is 5.69 Å². The van der Waals surface area contributed by atoms with Crippen LogP contribution in [0.1, 0.15) is 11.5 Å². The standard InChI is InChI=1S/C11H10N4O4/c1-2-3-8-7-14(11(16)13-8)12-6-9-4-5-10(19-9)15(17)18/h2,4-7H,1,3H2,(H,13,16). The van der Waals surface area contributed by atoms with Crippen LogP contribution >= 0.6 is 0 Å². The summed E-state index contributed by atoms with van der Waals surface area (Å²) in [5.74, 6) is -0.194. The maximum atomic E-state index is 11.5. The van der Waals surface area contributed by atoms with E-state index in [0.29, 0.717) is 12.1 Å². The minimum Gasteiger partial charge on any atom is -0.400 e. The summed E-state index contributed by atoms with van der Waals surface area (Å²) in [6.07, 6.45) is 4.90. The van der Waals surface area contributed by atoms with Crippen molar-refractivity contribution in [2.45, 2.75) is 6.42 Å². The summed E-state index contributed by atoms with van der Waals surface area (Å²) < 4.78 is 5.95. The molecule has 0 atom stereocenters. The molecule has 98 valence electrons. The number of allylic oxidation sites excluding steroid dienone is 1. The molecular formula is C11H10N4O4. The predicted molar refractivity (Wildman–Crippen MR) is 67.3 cm³/mol. The van der Waals surface area contributed by atoms with Gasteiger partial charge in [0, 0.05) is 12.1 Å². The second-order valence-corrected chi connectivity index (χ2v) is 3.60. The lowest BCUT2D eigenvalue weighted by atomic mass is 10.3. The SMILES string of the molecule is C=CCc1cn(N=Cc2ccc([N+](=O)[O-])o2)c(=O)[nH]1. The zero-order chi connectivity index (χ0) is 13.8. The van der Waals surface area contributed by atoms with E-state index >= 15 is 0 Å². The van der Waals surface area contributed by atoms with Gasteiger partial charge in [-0.3, -0.25) is 10.1 Å². The van der Waals surface area contributed by atoms with Crippen molar-refractivity contribution >= 4 is 12.1 Å². The molecule has 2 aromatic rings. The van der Waals surface area contributed by atoms with E-state index in [9.17, 15) is 14.9 Å². The zero-order valence-electron chi connectivity index (χ0n) is 9.78. The van der Waals surface area contributed by atoms with E-state index in [4.69, 9.17) is 4.42 Å². The van der Waals surface area contributed by atoms with Gasteiger partial charge >= 0.3 is 11.6 Å². The highest BCUT2D eigenvalue weighted by Crippen LogP contribution is 2.13. The van der Waals surface area contributed by atoms with Gasteiger partial charge in [-0.25, -0.2) is 4.79 Å². The average molecular weight is 262 g/mol. The van der Waals surface area contributed by atoms with Crippen molar-refractivity contribution in [3.05, 3.63) is 63.0 Å². The number of nitrogens with zero attached hydrogens (tertiary/aromatic N) is 3. The van der Waals surface area contributed by atoms with E-state index in [0.717, 1.165) is 4.68 Å². The van der Waals surface area contributed by atoms with E-state index in [1.165, 1.54) is 24.5 Å². The maximum Gasteiger partial charge on any atom is 0.433 e. The molecule has 0 unspecified atom stereocenters. The summed E-state index contributed by atoms with van der Waals surface area (Å²) in [5, 5.41) is 14.3. The fraction of sp³-hybridized carbons (Fsp3) is 0.0909. The summed E-state index contributed by atoms with van der Waals surface area (Å²) in [6.45, 7) is 3.56. The quantitative estimate of drug-likeness (QED) is 0.379. The lowest BCUT2D eigenvalue weighted by Crippen LogP contribution is -2.11. The van der Waals surface area contributed by atoms with Gasteiger partial charge in [-0.15, -0.1) is 6.58 Å². The molecule has 0 amide bonds. The van der Waals surface area contributed by atoms with Crippen LogP contribution in [0.3, 0.4) is 0 Å². The normalized spacial score (nSPS) is 10.9. The van der Waals surface area contributed by atoms with Crippen molar-refractivity contribution in [1.29, 1.82) is 0 Å². The highest BCUT2D eigenvalue weighted by Gasteiger charge is 2.10. The van der Waals surface area contributed by atoms with E-state index < -0.39 is 10.6 Å². The maximum absolute atomic E-state index is 11.5. The number of rotatable bonds is 5. The van der Waals surface area contributed by atoms with Crippen LogP contribution in [0.5, 0.6) is 0 Å². The Morgan fingerprint density at radius 2 is 2.37 bits per heavy atom. The van der Waals surface area contributed by atoms with Gasteiger partial charge in [-0.1, -0.05) is 6.08 Å². The van der Waals surface area contributed by atoms with E-state index in [1.54, 1.807) is 6.08 Å². The Morgan fingerprint density at radius 3 is 3.00 bits per heavy atom. The van der Waals surface area contributed by atoms with Crippen LogP contribution in [0.4, 0.5) is 5.88 Å². The molecule has 2 heterocycles. The molecule has 8 heteroatoms. The molecule has 19 heavy (non-hydrogen) atoms. The molecule has 0 spiro atoms. The largest absolute Gasteiger partial charge is 0.433 e. The average Bonchev–Trinajstić information content (AvgIpc) is 2.94. The van der Waals surface area contributed by atoms with Gasteiger partial charge < -0.3 is 9.40 Å². The van der Waals surface area contributed by atoms with Gasteiger partial charge in [0.2, 0.25) is 0 Å². The van der Waals surface area contributed by atoms with Gasteiger partial charge in [-0.2, -0.15) is 9.78 Å². The predicted octanol–water partition coefficient (Wildman–Crippen LogP) is 1.29. The molecule has 0 aromatic carbocycles. The number of hydrogen-bond acceptors (Lipinski definition) is 5. The van der Waals surface area contributed by atoms with Crippen LogP contribution in [0.15, 0.2) is 45.3 Å². The summed E-state index contributed by atoms with van der Waals surface area (Å²) in [6, 6.07) is 2.61. The molecule has 0 bridgehead atoms. The molecular weight excluding hydrogens is 252 g/mol. The van der Waals surface area contributed by atoms with Gasteiger partial charge in [0.15, 0.2) is 5.76 Å². The van der Waals surface area contributed by atoms with Crippen LogP contribution in [0.2, 0.25) is 0 Å². The first-order chi connectivity index (χ1) is 9.10. The van der Waals surface area contributed by atoms with Gasteiger partial charge in [0.05, 0.1) is 18.5 Å². The highest BCUT2D eigenvalue weighted by molar-refractivity contribution is 5.76. The van der Waals surface area contributed by atoms with E-state index in [1.807, 2.05) is 0 Å². The lowest BCUT2D eigenvalue weighted by molar-refractivity contribution is -0.402. The number of nitro groups is 1. The topological polar surface area (TPSA) is 106 Å². The second-order valence-electron chi connectivity index (χ2n) is 3.60. The number of nitrogens with one attached hydrogen (secondary N) is 1. The van der Waals surface area contributed by atoms with Crippen molar-refractivity contribution < 1.29 is 9.34 Å². The smallest absolute Gasteiger partial charge is 0.400 e. The molecule has 0 saturated carbocycles. The van der Waals surface area contributed by atoms with E-state index in [2.05, 4.69) is 16.7 Å². The molecule has 0 saturated heterocycles. The van der Waals surface area contributed by atoms with Crippen molar-refractivity contribution in [3.63, 3.8) is 0 Å². The van der Waals surface area contributed by atoms with Crippen LogP contribution in [0, 0.1) is 10.1 Å². The number of H-pyrrole nitrogens is 1. The van der Waals surface area contributed by atoms with Crippen molar-refractivity contribution in [1.82, 2.24) is 9.66 Å². The van der Waals surface area contributed by atoms with Crippen molar-refractivity contribution in [2.24, 2.45) is 5.10 Å². The molecule has 0 aliphatic rings. The minimum absolute atomic E-state index is 0.185. The summed E-state index contributed by atoms with van der Waals surface area (Å²) >= 11 is 0. The Hall–Kier alpha value is -2.90. The number of aromatic amines is 1. The minimum atomic E-state index is -0.651. The van der Waals surface area contributed by atoms with Crippen LogP contribution in [0.25, 0.3) is 0 Å². The molecule has 0 radical (unpaired) electrons. The first kappa shape index (κ1) is 12.6. The molecule has 2 rings (SSSR count). The van der Waals surface area contributed by atoms with E-state index in [-0.39, 0.29) is 11.6 Å². The molecule has 1 N–H and O–H groups in total. The van der Waals surface area contributed by atoms with Gasteiger partial charge in [0.1, 0.15) is 4.92 Å². The fourth-order valence-electron chi connectivity index (χ4n) is 1.41. The van der Waals surface area contributed by atoms with Crippen LogP contribution in [-0.4, -0.2) is 20.8 Å². The summed E-state index contributed by atoms with van der Waals surface area (Å²) in [4.78, 5) is 23.8. The lowest BCUT2D eigenvalue weighted by Gasteiger charge is -1.88. The Morgan fingerprint density at radius 1 is 1.58 bits per heavy atom. The number of furan rings is 1. The monoisotopic (exact) mass is 262 g/mol. The Labute approximate surface area is 106 Å². The first-order valence-corrected chi connectivity index (χ1v) is 5.30. The molecule has 0 aliphatic heterocycles. The Kier molecular flexibility index (Phi) is 3.42. The fourth-order valence-corrected chi connectivity index (χ4v) is 1.41. The second kappa shape index (κ2) is 5.17. The van der Waals surface area contributed by atoms with Crippen molar-refractivity contribution in [3.8, 4) is 0 Å². The number of hydrogen-bond donors (Lipinski definition) is 1. The number of aromatic nitrogens is 2. The highest BCUT2D eigenvalue weighted by atomic mass is 16.6. The Bertz CT molecular complexity index is 692. The van der Waals surface area contributed by atoms with Gasteiger partial charge in [-0.05, 0) is 6.07 Å². The van der Waals surface area contributed by atoms with Crippen molar-refractivity contribution in [2.75, 3.05) is 0 Å². The molecule has 0 aliphatic carbocycles.